The number of hydrogen-bond donors (Lipinski definition) is 1. The van der Waals surface area contributed by atoms with Crippen LogP contribution in [0.15, 0.2) is 16.1 Å². The molecule has 15 heavy (non-hydrogen) atoms. The standard InChI is InChI=1S/C9H12N2O3S/c12-8-6(5-10-9(15)11-8)14-7-3-1-2-4-13-7/h5,7H,1-4H2,(H2,10,11,12,15)/p-1. The van der Waals surface area contributed by atoms with E-state index in [1.165, 1.54) is 6.20 Å². The first-order chi connectivity index (χ1) is 7.25. The lowest BCUT2D eigenvalue weighted by Crippen LogP contribution is -2.27. The highest BCUT2D eigenvalue weighted by Crippen LogP contribution is 2.15. The SMILES string of the molecule is O=c1[nH]c([S-])ncc1OC1CCCCO1. The Bertz CT molecular complexity index is 387. The third kappa shape index (κ3) is 2.66. The molecule has 1 aliphatic rings. The maximum atomic E-state index is 11.4. The van der Waals surface area contributed by atoms with Crippen molar-refractivity contribution in [2.24, 2.45) is 0 Å². The van der Waals surface area contributed by atoms with Crippen LogP contribution in [0.1, 0.15) is 19.3 Å². The minimum absolute atomic E-state index is 0.163. The van der Waals surface area contributed by atoms with E-state index in [0.717, 1.165) is 19.3 Å². The molecule has 1 saturated heterocycles. The maximum absolute atomic E-state index is 11.4. The summed E-state index contributed by atoms with van der Waals surface area (Å²) < 4.78 is 10.7. The largest absolute Gasteiger partial charge is 0.742 e. The fourth-order valence-corrected chi connectivity index (χ4v) is 1.54. The Morgan fingerprint density at radius 1 is 1.60 bits per heavy atom. The van der Waals surface area contributed by atoms with E-state index in [1.807, 2.05) is 0 Å². The van der Waals surface area contributed by atoms with Crippen LogP contribution in [0.2, 0.25) is 0 Å². The van der Waals surface area contributed by atoms with Gasteiger partial charge in [-0.15, -0.1) is 0 Å². The van der Waals surface area contributed by atoms with Crippen molar-refractivity contribution in [3.63, 3.8) is 0 Å². The van der Waals surface area contributed by atoms with Gasteiger partial charge < -0.3 is 27.1 Å². The molecule has 0 aromatic carbocycles. The first kappa shape index (κ1) is 10.4. The molecule has 1 aromatic heterocycles. The molecule has 1 aliphatic heterocycles. The third-order valence-corrected chi connectivity index (χ3v) is 2.35. The Labute approximate surface area is 92.2 Å². The summed E-state index contributed by atoms with van der Waals surface area (Å²) in [5, 5.41) is 0.164. The van der Waals surface area contributed by atoms with E-state index in [9.17, 15) is 4.79 Å². The number of aromatic nitrogens is 2. The van der Waals surface area contributed by atoms with E-state index < -0.39 is 0 Å². The Balaban J connectivity index is 2.06. The van der Waals surface area contributed by atoms with Crippen LogP contribution < -0.4 is 10.3 Å². The summed E-state index contributed by atoms with van der Waals surface area (Å²) in [5.74, 6) is 0.163. The lowest BCUT2D eigenvalue weighted by atomic mass is 10.2. The third-order valence-electron chi connectivity index (χ3n) is 2.14. The smallest absolute Gasteiger partial charge is 0.292 e. The summed E-state index contributed by atoms with van der Waals surface area (Å²) in [7, 11) is 0. The molecule has 0 saturated carbocycles. The molecular formula is C9H11N2O3S-. The van der Waals surface area contributed by atoms with Gasteiger partial charge in [0, 0.05) is 6.42 Å². The highest BCUT2D eigenvalue weighted by Gasteiger charge is 2.16. The van der Waals surface area contributed by atoms with Gasteiger partial charge in [0.2, 0.25) is 5.75 Å². The molecule has 5 nitrogen and oxygen atoms in total. The molecule has 2 heterocycles. The second kappa shape index (κ2) is 4.59. The Kier molecular flexibility index (Phi) is 3.17. The van der Waals surface area contributed by atoms with E-state index in [2.05, 4.69) is 9.97 Å². The molecule has 0 radical (unpaired) electrons. The van der Waals surface area contributed by atoms with Crippen LogP contribution in [0.5, 0.6) is 5.75 Å². The molecule has 1 fully saturated rings. The first-order valence-electron chi connectivity index (χ1n) is 4.80. The average molecular weight is 227 g/mol. The predicted molar refractivity (Wildman–Crippen MR) is 54.7 cm³/mol. The van der Waals surface area contributed by atoms with E-state index in [4.69, 9.17) is 22.1 Å². The molecular weight excluding hydrogens is 216 g/mol. The van der Waals surface area contributed by atoms with Crippen LogP contribution in [-0.2, 0) is 17.4 Å². The van der Waals surface area contributed by atoms with Gasteiger partial charge in [0.15, 0.2) is 6.29 Å². The zero-order valence-electron chi connectivity index (χ0n) is 8.06. The van der Waals surface area contributed by atoms with Gasteiger partial charge >= 0.3 is 0 Å². The van der Waals surface area contributed by atoms with E-state index in [-0.39, 0.29) is 22.8 Å². The van der Waals surface area contributed by atoms with E-state index >= 15 is 0 Å². The molecule has 1 atom stereocenters. The molecule has 0 aliphatic carbocycles. The monoisotopic (exact) mass is 227 g/mol. The topological polar surface area (TPSA) is 64.2 Å². The highest BCUT2D eigenvalue weighted by atomic mass is 32.1. The second-order valence-electron chi connectivity index (χ2n) is 3.30. The molecule has 1 unspecified atom stereocenters. The number of rotatable bonds is 2. The van der Waals surface area contributed by atoms with Gasteiger partial charge in [-0.3, -0.25) is 9.78 Å². The molecule has 6 heteroatoms. The van der Waals surface area contributed by atoms with Crippen molar-refractivity contribution in [1.82, 2.24) is 9.97 Å². The molecule has 0 amide bonds. The fourth-order valence-electron chi connectivity index (χ4n) is 1.40. The van der Waals surface area contributed by atoms with Gasteiger partial charge in [0.1, 0.15) is 0 Å². The number of H-pyrrole nitrogens is 1. The van der Waals surface area contributed by atoms with E-state index in [1.54, 1.807) is 0 Å². The summed E-state index contributed by atoms with van der Waals surface area (Å²) in [4.78, 5) is 17.6. The number of ether oxygens (including phenoxy) is 2. The van der Waals surface area contributed by atoms with Crippen molar-refractivity contribution in [1.29, 1.82) is 0 Å². The maximum Gasteiger partial charge on any atom is 0.292 e. The molecule has 1 aromatic rings. The van der Waals surface area contributed by atoms with E-state index in [0.29, 0.717) is 6.61 Å². The highest BCUT2D eigenvalue weighted by molar-refractivity contribution is 7.58. The summed E-state index contributed by atoms with van der Waals surface area (Å²) in [6, 6.07) is 0. The van der Waals surface area contributed by atoms with Gasteiger partial charge in [-0.25, -0.2) is 0 Å². The van der Waals surface area contributed by atoms with Crippen molar-refractivity contribution in [3.8, 4) is 5.75 Å². The van der Waals surface area contributed by atoms with Crippen molar-refractivity contribution in [2.45, 2.75) is 30.7 Å². The number of hydrogen-bond acceptors (Lipinski definition) is 5. The van der Waals surface area contributed by atoms with Crippen LogP contribution in [0.4, 0.5) is 0 Å². The van der Waals surface area contributed by atoms with Gasteiger partial charge in [-0.05, 0) is 18.0 Å². The minimum atomic E-state index is -0.357. The zero-order valence-corrected chi connectivity index (χ0v) is 8.88. The predicted octanol–water partition coefficient (Wildman–Crippen LogP) is 0.581. The molecule has 0 bridgehead atoms. The van der Waals surface area contributed by atoms with Crippen LogP contribution in [0, 0.1) is 0 Å². The second-order valence-corrected chi connectivity index (χ2v) is 3.68. The number of nitrogens with zero attached hydrogens (tertiary/aromatic N) is 1. The van der Waals surface area contributed by atoms with Gasteiger partial charge in [0.25, 0.3) is 5.56 Å². The lowest BCUT2D eigenvalue weighted by Gasteiger charge is -2.22. The van der Waals surface area contributed by atoms with Crippen molar-refractivity contribution < 1.29 is 9.47 Å². The molecule has 0 spiro atoms. The van der Waals surface area contributed by atoms with Crippen molar-refractivity contribution in [3.05, 3.63) is 16.6 Å². The summed E-state index contributed by atoms with van der Waals surface area (Å²) >= 11 is 4.71. The van der Waals surface area contributed by atoms with Gasteiger partial charge in [-0.1, -0.05) is 0 Å². The quantitative estimate of drug-likeness (QED) is 0.591. The Morgan fingerprint density at radius 2 is 2.47 bits per heavy atom. The van der Waals surface area contributed by atoms with Crippen LogP contribution >= 0.6 is 0 Å². The number of nitrogens with one attached hydrogen (secondary N) is 1. The molecule has 82 valence electrons. The molecule has 1 N–H and O–H groups in total. The van der Waals surface area contributed by atoms with Gasteiger partial charge in [-0.2, -0.15) is 0 Å². The van der Waals surface area contributed by atoms with Crippen LogP contribution in [-0.4, -0.2) is 22.9 Å². The summed E-state index contributed by atoms with van der Waals surface area (Å²) in [6.07, 6.45) is 3.89. The first-order valence-corrected chi connectivity index (χ1v) is 5.21. The zero-order chi connectivity index (χ0) is 10.7. The Hall–Kier alpha value is -1.14. The van der Waals surface area contributed by atoms with Crippen LogP contribution in [0.25, 0.3) is 0 Å². The number of aromatic amines is 1. The Morgan fingerprint density at radius 3 is 3.13 bits per heavy atom. The van der Waals surface area contributed by atoms with Crippen LogP contribution in [0.3, 0.4) is 0 Å². The average Bonchev–Trinajstić information content (AvgIpc) is 2.24. The molecule has 2 rings (SSSR count). The summed E-state index contributed by atoms with van der Waals surface area (Å²) in [6.45, 7) is 0.676. The fraction of sp³-hybridized carbons (Fsp3) is 0.556. The van der Waals surface area contributed by atoms with Crippen molar-refractivity contribution in [2.75, 3.05) is 6.61 Å². The van der Waals surface area contributed by atoms with Crippen molar-refractivity contribution >= 4 is 12.6 Å². The van der Waals surface area contributed by atoms with Gasteiger partial charge in [0.05, 0.1) is 12.8 Å². The minimum Gasteiger partial charge on any atom is -0.742 e. The summed E-state index contributed by atoms with van der Waals surface area (Å²) in [5.41, 5.74) is -0.357. The normalized spacial score (nSPS) is 21.2. The lowest BCUT2D eigenvalue weighted by molar-refractivity contribution is -0.106.